The van der Waals surface area contributed by atoms with Crippen molar-refractivity contribution < 1.29 is 9.59 Å². The van der Waals surface area contributed by atoms with Gasteiger partial charge < -0.3 is 10.6 Å². The summed E-state index contributed by atoms with van der Waals surface area (Å²) in [5.41, 5.74) is 4.30. The molecule has 7 heteroatoms. The van der Waals surface area contributed by atoms with Crippen molar-refractivity contribution in [2.45, 2.75) is 0 Å². The molecule has 2 amide bonds. The van der Waals surface area contributed by atoms with Crippen LogP contribution in [0.2, 0.25) is 0 Å². The first-order valence-electron chi connectivity index (χ1n) is 8.81. The van der Waals surface area contributed by atoms with E-state index in [0.717, 1.165) is 28.1 Å². The van der Waals surface area contributed by atoms with Crippen molar-refractivity contribution in [1.82, 2.24) is 19.9 Å². The van der Waals surface area contributed by atoms with E-state index < -0.39 is 0 Å². The first-order chi connectivity index (χ1) is 13.7. The first-order valence-corrected chi connectivity index (χ1v) is 8.81. The Morgan fingerprint density at radius 1 is 0.964 bits per heavy atom. The zero-order chi connectivity index (χ0) is 19.1. The minimum atomic E-state index is -0.285. The van der Waals surface area contributed by atoms with E-state index in [1.54, 1.807) is 18.5 Å². The number of benzene rings is 2. The van der Waals surface area contributed by atoms with E-state index >= 15 is 0 Å². The molecule has 2 aromatic heterocycles. The molecule has 0 fully saturated rings. The fourth-order valence-electron chi connectivity index (χ4n) is 3.31. The Morgan fingerprint density at radius 2 is 1.86 bits per heavy atom. The van der Waals surface area contributed by atoms with Gasteiger partial charge in [0.2, 0.25) is 5.91 Å². The number of hydrogen-bond donors (Lipinski definition) is 2. The molecular weight excluding hydrogens is 354 g/mol. The molecule has 0 saturated carbocycles. The third-order valence-electron chi connectivity index (χ3n) is 4.68. The Hall–Kier alpha value is -4.00. The summed E-state index contributed by atoms with van der Waals surface area (Å²) in [7, 11) is 0. The Morgan fingerprint density at radius 3 is 2.79 bits per heavy atom. The van der Waals surface area contributed by atoms with Gasteiger partial charge in [0.05, 0.1) is 34.5 Å². The van der Waals surface area contributed by atoms with E-state index in [-0.39, 0.29) is 18.4 Å². The molecule has 1 aliphatic heterocycles. The molecule has 2 N–H and O–H groups in total. The molecular formula is C21H15N5O2. The van der Waals surface area contributed by atoms with Gasteiger partial charge >= 0.3 is 0 Å². The van der Waals surface area contributed by atoms with Crippen LogP contribution in [0.3, 0.4) is 0 Å². The van der Waals surface area contributed by atoms with Crippen LogP contribution in [-0.2, 0) is 4.79 Å². The largest absolute Gasteiger partial charge is 0.343 e. The van der Waals surface area contributed by atoms with Crippen LogP contribution in [0.5, 0.6) is 0 Å². The van der Waals surface area contributed by atoms with Crippen LogP contribution < -0.4 is 10.6 Å². The van der Waals surface area contributed by atoms with Crippen LogP contribution in [0.25, 0.3) is 28.1 Å². The second-order valence-electron chi connectivity index (χ2n) is 6.48. The van der Waals surface area contributed by atoms with E-state index in [1.807, 2.05) is 53.1 Å². The third kappa shape index (κ3) is 2.69. The Kier molecular flexibility index (Phi) is 3.65. The number of pyridine rings is 1. The first kappa shape index (κ1) is 16.2. The van der Waals surface area contributed by atoms with Crippen molar-refractivity contribution in [1.29, 1.82) is 0 Å². The highest BCUT2D eigenvalue weighted by molar-refractivity contribution is 6.09. The topological polar surface area (TPSA) is 88.9 Å². The van der Waals surface area contributed by atoms with Gasteiger partial charge in [-0.05, 0) is 36.4 Å². The molecule has 0 spiro atoms. The summed E-state index contributed by atoms with van der Waals surface area (Å²) in [6.45, 7) is -0.0374. The summed E-state index contributed by atoms with van der Waals surface area (Å²) in [6.07, 6.45) is 1.75. The van der Waals surface area contributed by atoms with Crippen LogP contribution in [-0.4, -0.2) is 32.9 Å². The van der Waals surface area contributed by atoms with Crippen molar-refractivity contribution in [2.75, 3.05) is 11.9 Å². The Bertz CT molecular complexity index is 1240. The van der Waals surface area contributed by atoms with Gasteiger partial charge in [0.15, 0.2) is 0 Å². The number of nitrogens with zero attached hydrogens (tertiary/aromatic N) is 3. The van der Waals surface area contributed by atoms with Crippen LogP contribution in [0, 0.1) is 0 Å². The van der Waals surface area contributed by atoms with Crippen molar-refractivity contribution in [3.63, 3.8) is 0 Å². The standard InChI is InChI=1S/C21H15N5O2/c27-20-11-22-21(28)14-10-13(8-9-16(14)25-20)15-5-3-7-19(24-15)26-12-23-17-4-1-2-6-18(17)26/h1-10,12H,11H2,(H,22,28)(H,25,27). The third-order valence-corrected chi connectivity index (χ3v) is 4.68. The van der Waals surface area contributed by atoms with Gasteiger partial charge in [0.1, 0.15) is 12.1 Å². The van der Waals surface area contributed by atoms with Crippen LogP contribution in [0.1, 0.15) is 10.4 Å². The molecule has 2 aromatic carbocycles. The van der Waals surface area contributed by atoms with Gasteiger partial charge in [0, 0.05) is 5.56 Å². The van der Waals surface area contributed by atoms with Gasteiger partial charge in [0.25, 0.3) is 5.91 Å². The number of carbonyl (C=O) groups excluding carboxylic acids is 2. The lowest BCUT2D eigenvalue weighted by Gasteiger charge is -2.10. The molecule has 0 aliphatic carbocycles. The monoisotopic (exact) mass is 369 g/mol. The molecule has 0 saturated heterocycles. The molecule has 4 aromatic rings. The lowest BCUT2D eigenvalue weighted by molar-refractivity contribution is -0.115. The number of para-hydroxylation sites is 2. The highest BCUT2D eigenvalue weighted by atomic mass is 16.2. The summed E-state index contributed by atoms with van der Waals surface area (Å²) in [5.74, 6) is 0.206. The summed E-state index contributed by atoms with van der Waals surface area (Å²) >= 11 is 0. The SMILES string of the molecule is O=C1CNC(=O)c2cc(-c3cccc(-n4cnc5ccccc54)n3)ccc2N1. The van der Waals surface area contributed by atoms with Crippen molar-refractivity contribution >= 4 is 28.5 Å². The van der Waals surface area contributed by atoms with Crippen LogP contribution in [0.15, 0.2) is 67.0 Å². The maximum atomic E-state index is 12.3. The lowest BCUT2D eigenvalue weighted by atomic mass is 10.0. The number of fused-ring (bicyclic) bond motifs is 2. The summed E-state index contributed by atoms with van der Waals surface area (Å²) in [5, 5.41) is 5.33. The predicted molar refractivity (Wildman–Crippen MR) is 105 cm³/mol. The molecule has 7 nitrogen and oxygen atoms in total. The van der Waals surface area contributed by atoms with E-state index in [1.165, 1.54) is 0 Å². The van der Waals surface area contributed by atoms with Gasteiger partial charge in [-0.1, -0.05) is 24.3 Å². The molecule has 0 atom stereocenters. The smallest absolute Gasteiger partial charge is 0.253 e. The van der Waals surface area contributed by atoms with Crippen molar-refractivity contribution in [3.05, 3.63) is 72.6 Å². The normalized spacial score (nSPS) is 13.6. The number of imidazole rings is 1. The highest BCUT2D eigenvalue weighted by Gasteiger charge is 2.19. The molecule has 0 bridgehead atoms. The molecule has 0 unspecified atom stereocenters. The maximum Gasteiger partial charge on any atom is 0.253 e. The van der Waals surface area contributed by atoms with Crippen molar-refractivity contribution in [2.24, 2.45) is 0 Å². The molecule has 136 valence electrons. The minimum Gasteiger partial charge on any atom is -0.343 e. The van der Waals surface area contributed by atoms with E-state index in [9.17, 15) is 9.59 Å². The number of anilines is 1. The van der Waals surface area contributed by atoms with Gasteiger partial charge in [-0.25, -0.2) is 9.97 Å². The molecule has 0 radical (unpaired) electrons. The maximum absolute atomic E-state index is 12.3. The summed E-state index contributed by atoms with van der Waals surface area (Å²) in [6, 6.07) is 18.9. The van der Waals surface area contributed by atoms with E-state index in [4.69, 9.17) is 4.98 Å². The number of hydrogen-bond acceptors (Lipinski definition) is 4. The second kappa shape index (κ2) is 6.31. The minimum absolute atomic E-state index is 0.0374. The van der Waals surface area contributed by atoms with Crippen LogP contribution in [0.4, 0.5) is 5.69 Å². The number of nitrogens with one attached hydrogen (secondary N) is 2. The van der Waals surface area contributed by atoms with Crippen LogP contribution >= 0.6 is 0 Å². The molecule has 28 heavy (non-hydrogen) atoms. The lowest BCUT2D eigenvalue weighted by Crippen LogP contribution is -2.28. The van der Waals surface area contributed by atoms with Gasteiger partial charge in [-0.15, -0.1) is 0 Å². The predicted octanol–water partition coefficient (Wildman–Crippen LogP) is 2.77. The highest BCUT2D eigenvalue weighted by Crippen LogP contribution is 2.26. The quantitative estimate of drug-likeness (QED) is 0.569. The Balaban J connectivity index is 1.59. The fraction of sp³-hybridized carbons (Fsp3) is 0.0476. The average molecular weight is 369 g/mol. The van der Waals surface area contributed by atoms with E-state index in [2.05, 4.69) is 15.6 Å². The summed E-state index contributed by atoms with van der Waals surface area (Å²) in [4.78, 5) is 33.1. The van der Waals surface area contributed by atoms with Gasteiger partial charge in [-0.2, -0.15) is 0 Å². The molecule has 3 heterocycles. The van der Waals surface area contributed by atoms with Crippen molar-refractivity contribution in [3.8, 4) is 17.1 Å². The fourth-order valence-corrected chi connectivity index (χ4v) is 3.31. The summed E-state index contributed by atoms with van der Waals surface area (Å²) < 4.78 is 1.93. The average Bonchev–Trinajstić information content (AvgIpc) is 3.10. The molecule has 5 rings (SSSR count). The zero-order valence-corrected chi connectivity index (χ0v) is 14.7. The zero-order valence-electron chi connectivity index (χ0n) is 14.7. The second-order valence-corrected chi connectivity index (χ2v) is 6.48. The number of amides is 2. The Labute approximate surface area is 160 Å². The van der Waals surface area contributed by atoms with E-state index in [0.29, 0.717) is 11.3 Å². The molecule has 1 aliphatic rings. The number of rotatable bonds is 2. The van der Waals surface area contributed by atoms with Gasteiger partial charge in [-0.3, -0.25) is 14.2 Å². The number of aromatic nitrogens is 3. The number of carbonyl (C=O) groups is 2.